The number of anilines is 3. The van der Waals surface area contributed by atoms with E-state index in [2.05, 4.69) is 110 Å². The van der Waals surface area contributed by atoms with Crippen LogP contribution in [0.5, 0.6) is 0 Å². The predicted octanol–water partition coefficient (Wildman–Crippen LogP) is 12.4. The van der Waals surface area contributed by atoms with E-state index >= 15 is 0 Å². The summed E-state index contributed by atoms with van der Waals surface area (Å²) in [6.07, 6.45) is 17.5. The molecule has 0 aliphatic heterocycles. The highest BCUT2D eigenvalue weighted by atomic mass is 15.1. The second-order valence-corrected chi connectivity index (χ2v) is 18.7. The van der Waals surface area contributed by atoms with Gasteiger partial charge in [-0.05, 0) is 193 Å². The summed E-state index contributed by atoms with van der Waals surface area (Å²) in [4.78, 5) is 2.60. The minimum Gasteiger partial charge on any atom is -0.310 e. The van der Waals surface area contributed by atoms with Crippen LogP contribution in [-0.2, 0) is 16.2 Å². The molecule has 244 valence electrons. The summed E-state index contributed by atoms with van der Waals surface area (Å²) in [5, 5.41) is 0. The molecule has 1 nitrogen and oxygen atoms in total. The molecule has 0 saturated heterocycles. The third-order valence-corrected chi connectivity index (χ3v) is 15.4. The summed E-state index contributed by atoms with van der Waals surface area (Å²) in [7, 11) is 0. The van der Waals surface area contributed by atoms with E-state index in [4.69, 9.17) is 0 Å². The van der Waals surface area contributed by atoms with Gasteiger partial charge in [-0.3, -0.25) is 0 Å². The van der Waals surface area contributed by atoms with Gasteiger partial charge in [0.1, 0.15) is 0 Å². The lowest BCUT2D eigenvalue weighted by atomic mass is 9.48. The minimum absolute atomic E-state index is 0.0168. The van der Waals surface area contributed by atoms with Gasteiger partial charge < -0.3 is 4.90 Å². The van der Waals surface area contributed by atoms with Crippen molar-refractivity contribution in [1.82, 2.24) is 0 Å². The molecular weight excluding hydrogens is 579 g/mol. The first-order valence-corrected chi connectivity index (χ1v) is 19.6. The molecule has 0 spiro atoms. The molecule has 13 rings (SSSR count). The molecule has 8 fully saturated rings. The first-order valence-electron chi connectivity index (χ1n) is 19.6. The van der Waals surface area contributed by atoms with E-state index in [0.29, 0.717) is 10.8 Å². The van der Waals surface area contributed by atoms with E-state index in [9.17, 15) is 0 Å². The molecule has 8 saturated carbocycles. The Bertz CT molecular complexity index is 1850. The Morgan fingerprint density at radius 3 is 1.54 bits per heavy atom. The van der Waals surface area contributed by atoms with Crippen LogP contribution in [0.25, 0.3) is 11.1 Å². The van der Waals surface area contributed by atoms with E-state index in [1.165, 1.54) is 116 Å². The van der Waals surface area contributed by atoms with Gasteiger partial charge in [-0.25, -0.2) is 0 Å². The molecule has 0 radical (unpaired) electrons. The Hall–Kier alpha value is -3.32. The van der Waals surface area contributed by atoms with Gasteiger partial charge in [0, 0.05) is 22.5 Å². The third-order valence-electron chi connectivity index (χ3n) is 15.4. The van der Waals surface area contributed by atoms with Gasteiger partial charge in [-0.15, -0.1) is 0 Å². The van der Waals surface area contributed by atoms with E-state index in [1.54, 1.807) is 11.1 Å². The van der Waals surface area contributed by atoms with Crippen molar-refractivity contribution in [2.45, 2.75) is 107 Å². The Labute approximate surface area is 288 Å². The monoisotopic (exact) mass is 629 g/mol. The maximum atomic E-state index is 2.62. The molecule has 0 heterocycles. The van der Waals surface area contributed by atoms with Gasteiger partial charge in [-0.2, -0.15) is 0 Å². The van der Waals surface area contributed by atoms with E-state index in [-0.39, 0.29) is 5.41 Å². The van der Waals surface area contributed by atoms with E-state index in [1.807, 2.05) is 0 Å². The van der Waals surface area contributed by atoms with Crippen LogP contribution in [0.2, 0.25) is 0 Å². The molecule has 9 aliphatic rings. The number of hydrogen-bond acceptors (Lipinski definition) is 1. The normalized spacial score (nSPS) is 35.9. The van der Waals surface area contributed by atoms with Crippen molar-refractivity contribution in [2.75, 3.05) is 4.90 Å². The van der Waals surface area contributed by atoms with Gasteiger partial charge >= 0.3 is 0 Å². The average molecular weight is 630 g/mol. The lowest BCUT2D eigenvalue weighted by Crippen LogP contribution is -2.48. The molecule has 48 heavy (non-hydrogen) atoms. The largest absolute Gasteiger partial charge is 0.310 e. The van der Waals surface area contributed by atoms with Crippen molar-refractivity contribution >= 4 is 17.1 Å². The second kappa shape index (κ2) is 9.89. The van der Waals surface area contributed by atoms with Gasteiger partial charge in [-0.1, -0.05) is 68.4 Å². The molecule has 4 aromatic carbocycles. The van der Waals surface area contributed by atoms with Gasteiger partial charge in [0.05, 0.1) is 0 Å². The maximum absolute atomic E-state index is 2.62. The van der Waals surface area contributed by atoms with Crippen LogP contribution >= 0.6 is 0 Å². The lowest BCUT2D eigenvalue weighted by molar-refractivity contribution is -0.00530. The molecule has 0 N–H and O–H groups in total. The second-order valence-electron chi connectivity index (χ2n) is 18.7. The molecule has 4 aromatic rings. The topological polar surface area (TPSA) is 3.24 Å². The van der Waals surface area contributed by atoms with E-state index < -0.39 is 0 Å². The standard InChI is InChI=1S/C47H51N/c1-45(2)43-9-4-3-8-41(43)42-15-14-40(23-44(42)45)48(38-12-10-36(11-13-38)46-24-30-16-31(25-46)18-32(17-30)26-46)39-7-5-6-37(22-39)47-27-33-19-34(28-47)21-35(20-33)29-47/h3-15,22-23,30-35H,16-21,24-29H2,1-2H3. The predicted molar refractivity (Wildman–Crippen MR) is 198 cm³/mol. The van der Waals surface area contributed by atoms with Gasteiger partial charge in [0.15, 0.2) is 0 Å². The van der Waals surface area contributed by atoms with Gasteiger partial charge in [0.25, 0.3) is 0 Å². The van der Waals surface area contributed by atoms with Crippen molar-refractivity contribution in [3.63, 3.8) is 0 Å². The smallest absolute Gasteiger partial charge is 0.0465 e. The summed E-state index contributed by atoms with van der Waals surface area (Å²) in [6, 6.07) is 36.4. The molecule has 1 heteroatoms. The Morgan fingerprint density at radius 1 is 0.438 bits per heavy atom. The first kappa shape index (κ1) is 28.5. The summed E-state index contributed by atoms with van der Waals surface area (Å²) in [6.45, 7) is 4.83. The fourth-order valence-electron chi connectivity index (χ4n) is 14.1. The Balaban J connectivity index is 1.02. The first-order chi connectivity index (χ1) is 23.3. The van der Waals surface area contributed by atoms with Crippen LogP contribution in [0.4, 0.5) is 17.1 Å². The summed E-state index contributed by atoms with van der Waals surface area (Å²) in [5.74, 6) is 5.77. The molecule has 0 atom stereocenters. The third kappa shape index (κ3) is 4.09. The highest BCUT2D eigenvalue weighted by Crippen LogP contribution is 2.62. The zero-order valence-corrected chi connectivity index (χ0v) is 29.1. The molecule has 0 aromatic heterocycles. The van der Waals surface area contributed by atoms with Crippen LogP contribution in [0.15, 0.2) is 91.0 Å². The average Bonchev–Trinajstić information content (AvgIpc) is 3.30. The van der Waals surface area contributed by atoms with Crippen LogP contribution < -0.4 is 4.90 Å². The number of rotatable bonds is 5. The number of fused-ring (bicyclic) bond motifs is 3. The van der Waals surface area contributed by atoms with Crippen molar-refractivity contribution in [2.24, 2.45) is 35.5 Å². The van der Waals surface area contributed by atoms with Crippen LogP contribution in [-0.4, -0.2) is 0 Å². The summed E-state index contributed by atoms with van der Waals surface area (Å²) < 4.78 is 0. The summed E-state index contributed by atoms with van der Waals surface area (Å²) in [5.41, 5.74) is 13.7. The highest BCUT2D eigenvalue weighted by molar-refractivity contribution is 5.85. The summed E-state index contributed by atoms with van der Waals surface area (Å²) >= 11 is 0. The molecule has 9 aliphatic carbocycles. The number of nitrogens with zero attached hydrogens (tertiary/aromatic N) is 1. The fraction of sp³-hybridized carbons (Fsp3) is 0.489. The van der Waals surface area contributed by atoms with Gasteiger partial charge in [0.2, 0.25) is 0 Å². The SMILES string of the molecule is CC1(C)c2ccccc2-c2ccc(N(c3ccc(C45CC6CC(CC(C6)C4)C5)cc3)c3cccc(C45CC6CC(CC(C6)C4)C5)c3)cc21. The molecule has 0 amide bonds. The Kier molecular flexibility index (Phi) is 5.88. The molecule has 8 bridgehead atoms. The number of hydrogen-bond donors (Lipinski definition) is 0. The fourth-order valence-corrected chi connectivity index (χ4v) is 14.1. The lowest BCUT2D eigenvalue weighted by Gasteiger charge is -2.57. The zero-order chi connectivity index (χ0) is 31.8. The van der Waals surface area contributed by atoms with E-state index in [0.717, 1.165) is 35.5 Å². The minimum atomic E-state index is -0.0168. The molecular formula is C47H51N. The van der Waals surface area contributed by atoms with Crippen molar-refractivity contribution < 1.29 is 0 Å². The molecule has 0 unspecified atom stereocenters. The maximum Gasteiger partial charge on any atom is 0.0465 e. The van der Waals surface area contributed by atoms with Crippen molar-refractivity contribution in [1.29, 1.82) is 0 Å². The Morgan fingerprint density at radius 2 is 0.938 bits per heavy atom. The van der Waals surface area contributed by atoms with Crippen molar-refractivity contribution in [3.05, 3.63) is 113 Å². The van der Waals surface area contributed by atoms with Crippen LogP contribution in [0, 0.1) is 35.5 Å². The van der Waals surface area contributed by atoms with Crippen LogP contribution in [0.3, 0.4) is 0 Å². The van der Waals surface area contributed by atoms with Crippen LogP contribution in [0.1, 0.15) is 113 Å². The number of benzene rings is 4. The zero-order valence-electron chi connectivity index (χ0n) is 29.1. The quantitative estimate of drug-likeness (QED) is 0.212. The van der Waals surface area contributed by atoms with Crippen molar-refractivity contribution in [3.8, 4) is 11.1 Å². The highest BCUT2D eigenvalue weighted by Gasteiger charge is 2.53.